The summed E-state index contributed by atoms with van der Waals surface area (Å²) in [4.78, 5) is 11.3. The van der Waals surface area contributed by atoms with Crippen molar-refractivity contribution in [3.63, 3.8) is 0 Å². The Kier molecular flexibility index (Phi) is 6.07. The van der Waals surface area contributed by atoms with Crippen LogP contribution in [0.4, 0.5) is 9.18 Å². The lowest BCUT2D eigenvalue weighted by molar-refractivity contribution is 0.242. The molecule has 18 heavy (non-hydrogen) atoms. The summed E-state index contributed by atoms with van der Waals surface area (Å²) >= 11 is 0. The maximum absolute atomic E-state index is 13.3. The number of carbonyl (C=O) groups is 1. The standard InChI is InChI=1S/C12H15FN2O2S/c1-2-7-14-12(16)15-8-9-18(17)11-6-4-3-5-10(11)13/h2-6H,1,7-9H2,(H2,14,15,16)/t18-/m0/s1. The van der Waals surface area contributed by atoms with Crippen molar-refractivity contribution in [1.29, 1.82) is 0 Å². The van der Waals surface area contributed by atoms with Crippen LogP contribution in [0.15, 0.2) is 41.8 Å². The van der Waals surface area contributed by atoms with Gasteiger partial charge in [0.15, 0.2) is 0 Å². The second kappa shape index (κ2) is 7.60. The Morgan fingerprint density at radius 2 is 2.11 bits per heavy atom. The van der Waals surface area contributed by atoms with E-state index in [2.05, 4.69) is 17.2 Å². The van der Waals surface area contributed by atoms with Crippen LogP contribution in [0.2, 0.25) is 0 Å². The maximum atomic E-state index is 13.3. The van der Waals surface area contributed by atoms with Crippen LogP contribution in [0.3, 0.4) is 0 Å². The van der Waals surface area contributed by atoms with Gasteiger partial charge in [0, 0.05) is 18.8 Å². The van der Waals surface area contributed by atoms with Crippen LogP contribution in [0, 0.1) is 5.82 Å². The van der Waals surface area contributed by atoms with Gasteiger partial charge in [0.2, 0.25) is 0 Å². The number of benzene rings is 1. The number of urea groups is 1. The van der Waals surface area contributed by atoms with Gasteiger partial charge in [0.1, 0.15) is 5.82 Å². The molecule has 0 saturated carbocycles. The van der Waals surface area contributed by atoms with Gasteiger partial charge in [-0.25, -0.2) is 9.18 Å². The van der Waals surface area contributed by atoms with Gasteiger partial charge < -0.3 is 10.6 Å². The van der Waals surface area contributed by atoms with Crippen molar-refractivity contribution in [2.75, 3.05) is 18.8 Å². The maximum Gasteiger partial charge on any atom is 0.315 e. The molecule has 0 heterocycles. The minimum absolute atomic E-state index is 0.158. The van der Waals surface area contributed by atoms with E-state index in [1.807, 2.05) is 0 Å². The Bertz CT molecular complexity index is 451. The summed E-state index contributed by atoms with van der Waals surface area (Å²) in [6, 6.07) is 5.54. The molecule has 0 aliphatic heterocycles. The van der Waals surface area contributed by atoms with Crippen molar-refractivity contribution < 1.29 is 13.4 Å². The third-order valence-corrected chi connectivity index (χ3v) is 3.46. The van der Waals surface area contributed by atoms with Crippen LogP contribution >= 0.6 is 0 Å². The molecule has 1 aromatic carbocycles. The molecule has 1 aromatic rings. The number of hydrogen-bond acceptors (Lipinski definition) is 2. The van der Waals surface area contributed by atoms with Crippen molar-refractivity contribution in [3.05, 3.63) is 42.7 Å². The molecule has 0 fully saturated rings. The van der Waals surface area contributed by atoms with Gasteiger partial charge in [0.05, 0.1) is 15.7 Å². The van der Waals surface area contributed by atoms with Gasteiger partial charge in [-0.3, -0.25) is 4.21 Å². The largest absolute Gasteiger partial charge is 0.337 e. The van der Waals surface area contributed by atoms with E-state index in [1.165, 1.54) is 18.2 Å². The molecule has 98 valence electrons. The number of hydrogen-bond donors (Lipinski definition) is 2. The molecule has 0 spiro atoms. The summed E-state index contributed by atoms with van der Waals surface area (Å²) in [5.74, 6) is -0.324. The lowest BCUT2D eigenvalue weighted by atomic mass is 10.3. The van der Waals surface area contributed by atoms with Crippen molar-refractivity contribution in [3.8, 4) is 0 Å². The molecule has 0 bridgehead atoms. The highest BCUT2D eigenvalue weighted by molar-refractivity contribution is 7.85. The minimum Gasteiger partial charge on any atom is -0.337 e. The molecule has 4 nitrogen and oxygen atoms in total. The Morgan fingerprint density at radius 1 is 1.39 bits per heavy atom. The quantitative estimate of drug-likeness (QED) is 0.768. The van der Waals surface area contributed by atoms with Crippen LogP contribution in [-0.2, 0) is 10.8 Å². The Balaban J connectivity index is 2.36. The first-order chi connectivity index (χ1) is 8.65. The molecule has 1 atom stereocenters. The van der Waals surface area contributed by atoms with Crippen LogP contribution in [-0.4, -0.2) is 29.1 Å². The lowest BCUT2D eigenvalue weighted by Gasteiger charge is -2.06. The fraction of sp³-hybridized carbons (Fsp3) is 0.250. The van der Waals surface area contributed by atoms with Crippen molar-refractivity contribution in [1.82, 2.24) is 10.6 Å². The van der Waals surface area contributed by atoms with E-state index in [-0.39, 0.29) is 23.2 Å². The topological polar surface area (TPSA) is 58.2 Å². The third-order valence-electron chi connectivity index (χ3n) is 2.06. The number of rotatable bonds is 6. The second-order valence-electron chi connectivity index (χ2n) is 3.41. The van der Waals surface area contributed by atoms with E-state index < -0.39 is 16.6 Å². The monoisotopic (exact) mass is 270 g/mol. The molecular weight excluding hydrogens is 255 g/mol. The Labute approximate surface area is 108 Å². The Morgan fingerprint density at radius 3 is 2.78 bits per heavy atom. The average molecular weight is 270 g/mol. The van der Waals surface area contributed by atoms with E-state index in [4.69, 9.17) is 0 Å². The minimum atomic E-state index is -1.45. The zero-order valence-electron chi connectivity index (χ0n) is 9.82. The third kappa shape index (κ3) is 4.67. The predicted molar refractivity (Wildman–Crippen MR) is 69.3 cm³/mol. The molecular formula is C12H15FN2O2S. The van der Waals surface area contributed by atoms with Crippen molar-refractivity contribution in [2.24, 2.45) is 0 Å². The van der Waals surface area contributed by atoms with E-state index >= 15 is 0 Å². The molecule has 2 N–H and O–H groups in total. The molecule has 6 heteroatoms. The zero-order chi connectivity index (χ0) is 13.4. The first kappa shape index (κ1) is 14.4. The average Bonchev–Trinajstić information content (AvgIpc) is 2.36. The number of halogens is 1. The second-order valence-corrected chi connectivity index (χ2v) is 4.94. The van der Waals surface area contributed by atoms with Gasteiger partial charge in [-0.2, -0.15) is 0 Å². The number of amides is 2. The van der Waals surface area contributed by atoms with E-state index in [0.29, 0.717) is 6.54 Å². The fourth-order valence-corrected chi connectivity index (χ4v) is 2.25. The van der Waals surface area contributed by atoms with Crippen LogP contribution < -0.4 is 10.6 Å². The molecule has 0 aliphatic rings. The van der Waals surface area contributed by atoms with Crippen LogP contribution in [0.25, 0.3) is 0 Å². The van der Waals surface area contributed by atoms with E-state index in [9.17, 15) is 13.4 Å². The molecule has 0 aromatic heterocycles. The summed E-state index contributed by atoms with van der Waals surface area (Å²) in [7, 11) is -1.45. The molecule has 1 rings (SSSR count). The van der Waals surface area contributed by atoms with Gasteiger partial charge in [-0.15, -0.1) is 6.58 Å². The predicted octanol–water partition coefficient (Wildman–Crippen LogP) is 1.42. The van der Waals surface area contributed by atoms with E-state index in [0.717, 1.165) is 0 Å². The van der Waals surface area contributed by atoms with Crippen LogP contribution in [0.5, 0.6) is 0 Å². The zero-order valence-corrected chi connectivity index (χ0v) is 10.6. The first-order valence-corrected chi connectivity index (χ1v) is 6.72. The summed E-state index contributed by atoms with van der Waals surface area (Å²) in [5.41, 5.74) is 0. The van der Waals surface area contributed by atoms with Crippen molar-refractivity contribution in [2.45, 2.75) is 4.90 Å². The number of nitrogens with one attached hydrogen (secondary N) is 2. The summed E-state index contributed by atoms with van der Waals surface area (Å²) < 4.78 is 25.0. The summed E-state index contributed by atoms with van der Waals surface area (Å²) in [5, 5.41) is 5.04. The number of carbonyl (C=O) groups excluding carboxylic acids is 1. The van der Waals surface area contributed by atoms with Gasteiger partial charge in [-0.1, -0.05) is 18.2 Å². The van der Waals surface area contributed by atoms with E-state index in [1.54, 1.807) is 12.1 Å². The van der Waals surface area contributed by atoms with Gasteiger partial charge in [0.25, 0.3) is 0 Å². The summed E-state index contributed by atoms with van der Waals surface area (Å²) in [6.45, 7) is 4.03. The van der Waals surface area contributed by atoms with Crippen LogP contribution in [0.1, 0.15) is 0 Å². The highest BCUT2D eigenvalue weighted by atomic mass is 32.2. The molecule has 0 aliphatic carbocycles. The Hall–Kier alpha value is -1.69. The molecule has 2 amide bonds. The normalized spacial score (nSPS) is 11.6. The molecule has 0 radical (unpaired) electrons. The van der Waals surface area contributed by atoms with Gasteiger partial charge >= 0.3 is 6.03 Å². The highest BCUT2D eigenvalue weighted by Gasteiger charge is 2.09. The molecule has 0 unspecified atom stereocenters. The highest BCUT2D eigenvalue weighted by Crippen LogP contribution is 2.11. The molecule has 0 saturated heterocycles. The fourth-order valence-electron chi connectivity index (χ4n) is 1.22. The summed E-state index contributed by atoms with van der Waals surface area (Å²) in [6.07, 6.45) is 1.55. The van der Waals surface area contributed by atoms with Gasteiger partial charge in [-0.05, 0) is 12.1 Å². The lowest BCUT2D eigenvalue weighted by Crippen LogP contribution is -2.37. The van der Waals surface area contributed by atoms with Crippen molar-refractivity contribution >= 4 is 16.8 Å². The smallest absolute Gasteiger partial charge is 0.315 e. The SMILES string of the molecule is C=CCNC(=O)NCC[S@](=O)c1ccccc1F. The first-order valence-electron chi connectivity index (χ1n) is 5.40.